The van der Waals surface area contributed by atoms with E-state index < -0.39 is 35.0 Å². The van der Waals surface area contributed by atoms with Crippen molar-refractivity contribution in [3.05, 3.63) is 93.8 Å². The van der Waals surface area contributed by atoms with Gasteiger partial charge < -0.3 is 15.2 Å². The number of rotatable bonds is 9. The number of carbonyl (C=O) groups is 2. The van der Waals surface area contributed by atoms with Crippen molar-refractivity contribution in [3.8, 4) is 5.75 Å². The summed E-state index contributed by atoms with van der Waals surface area (Å²) in [7, 11) is 0. The van der Waals surface area contributed by atoms with Gasteiger partial charge in [-0.1, -0.05) is 23.4 Å². The van der Waals surface area contributed by atoms with E-state index in [1.54, 1.807) is 24.3 Å². The van der Waals surface area contributed by atoms with Crippen molar-refractivity contribution >= 4 is 28.5 Å². The number of benzene rings is 3. The van der Waals surface area contributed by atoms with Crippen molar-refractivity contribution in [2.45, 2.75) is 19.9 Å². The molecule has 0 bridgehead atoms. The van der Waals surface area contributed by atoms with Crippen LogP contribution in [0.4, 0.5) is 14.5 Å². The molecule has 1 heterocycles. The molecule has 0 unspecified atom stereocenters. The summed E-state index contributed by atoms with van der Waals surface area (Å²) in [5.74, 6) is -4.82. The second kappa shape index (κ2) is 10.9. The van der Waals surface area contributed by atoms with E-state index >= 15 is 0 Å². The Kier molecular flexibility index (Phi) is 7.52. The predicted octanol–water partition coefficient (Wildman–Crippen LogP) is 3.80. The molecular weight excluding hydrogens is 486 g/mol. The number of aryl methyl sites for hydroxylation is 2. The zero-order valence-corrected chi connectivity index (χ0v) is 19.6. The zero-order valence-electron chi connectivity index (χ0n) is 19.6. The summed E-state index contributed by atoms with van der Waals surface area (Å²) in [6.07, 6.45) is 0.0784. The molecule has 0 aliphatic carbocycles. The molecule has 11 heteroatoms. The number of nitrogens with zero attached hydrogens (tertiary/aromatic N) is 3. The molecule has 37 heavy (non-hydrogen) atoms. The van der Waals surface area contributed by atoms with E-state index in [1.165, 1.54) is 43.3 Å². The number of ether oxygens (including phenoxy) is 1. The van der Waals surface area contributed by atoms with E-state index in [-0.39, 0.29) is 30.7 Å². The molecule has 3 aromatic carbocycles. The number of amides is 1. The molecule has 0 spiro atoms. The van der Waals surface area contributed by atoms with Crippen molar-refractivity contribution in [1.29, 1.82) is 0 Å². The Bertz CT molecular complexity index is 1520. The number of fused-ring (bicyclic) bond motifs is 1. The third kappa shape index (κ3) is 5.77. The van der Waals surface area contributed by atoms with Gasteiger partial charge in [-0.2, -0.15) is 0 Å². The van der Waals surface area contributed by atoms with Crippen molar-refractivity contribution in [3.63, 3.8) is 0 Å². The van der Waals surface area contributed by atoms with Crippen LogP contribution in [-0.4, -0.2) is 38.6 Å². The topological polar surface area (TPSA) is 123 Å². The highest BCUT2D eigenvalue weighted by Crippen LogP contribution is 2.20. The van der Waals surface area contributed by atoms with Gasteiger partial charge in [0.2, 0.25) is 0 Å². The average Bonchev–Trinajstić information content (AvgIpc) is 2.89. The van der Waals surface area contributed by atoms with Crippen molar-refractivity contribution < 1.29 is 28.2 Å². The van der Waals surface area contributed by atoms with Gasteiger partial charge >= 0.3 is 5.97 Å². The van der Waals surface area contributed by atoms with Crippen LogP contribution in [0.5, 0.6) is 5.75 Å². The molecule has 1 aromatic heterocycles. The normalized spacial score (nSPS) is 11.8. The van der Waals surface area contributed by atoms with E-state index in [2.05, 4.69) is 15.6 Å². The number of halogens is 2. The Labute approximate surface area is 209 Å². The zero-order chi connectivity index (χ0) is 26.5. The van der Waals surface area contributed by atoms with E-state index in [9.17, 15) is 28.3 Å². The third-order valence-electron chi connectivity index (χ3n) is 5.75. The summed E-state index contributed by atoms with van der Waals surface area (Å²) in [5.41, 5.74) is 0.0661. The summed E-state index contributed by atoms with van der Waals surface area (Å²) in [5, 5.41) is 20.3. The molecule has 190 valence electrons. The Balaban J connectivity index is 1.35. The Morgan fingerprint density at radius 3 is 2.51 bits per heavy atom. The van der Waals surface area contributed by atoms with Gasteiger partial charge in [0.15, 0.2) is 11.6 Å². The maximum absolute atomic E-state index is 14.1. The summed E-state index contributed by atoms with van der Waals surface area (Å²) in [6.45, 7) is 1.26. The van der Waals surface area contributed by atoms with Gasteiger partial charge in [-0.05, 0) is 61.4 Å². The van der Waals surface area contributed by atoms with Crippen LogP contribution in [0.2, 0.25) is 0 Å². The molecule has 4 aromatic rings. The molecular formula is C26H22F2N4O5. The number of hydrogen-bond acceptors (Lipinski definition) is 6. The number of aliphatic carboxylic acids is 1. The van der Waals surface area contributed by atoms with Gasteiger partial charge in [-0.25, -0.2) is 13.5 Å². The second-order valence-electron chi connectivity index (χ2n) is 8.31. The summed E-state index contributed by atoms with van der Waals surface area (Å²) in [6, 6.07) is 15.2. The molecule has 0 fully saturated rings. The van der Waals surface area contributed by atoms with Crippen LogP contribution in [0.1, 0.15) is 22.3 Å². The van der Waals surface area contributed by atoms with Gasteiger partial charge in [0.05, 0.1) is 16.9 Å². The fourth-order valence-corrected chi connectivity index (χ4v) is 3.58. The third-order valence-corrected chi connectivity index (χ3v) is 5.75. The van der Waals surface area contributed by atoms with Crippen molar-refractivity contribution in [2.24, 2.45) is 5.92 Å². The highest BCUT2D eigenvalue weighted by molar-refractivity contribution is 6.04. The lowest BCUT2D eigenvalue weighted by Gasteiger charge is -2.14. The summed E-state index contributed by atoms with van der Waals surface area (Å²) < 4.78 is 34.5. The van der Waals surface area contributed by atoms with Gasteiger partial charge in [0.25, 0.3) is 11.5 Å². The maximum atomic E-state index is 14.1. The smallest absolute Gasteiger partial charge is 0.310 e. The molecule has 1 amide bonds. The van der Waals surface area contributed by atoms with Gasteiger partial charge in [0.1, 0.15) is 17.9 Å². The fraction of sp³-hybridized carbons (Fsp3) is 0.192. The first kappa shape index (κ1) is 25.4. The maximum Gasteiger partial charge on any atom is 0.310 e. The fourth-order valence-electron chi connectivity index (χ4n) is 3.58. The molecule has 0 saturated carbocycles. The minimum atomic E-state index is -1.23. The lowest BCUT2D eigenvalue weighted by Crippen LogP contribution is -2.28. The molecule has 1 atom stereocenters. The average molecular weight is 508 g/mol. The molecule has 0 radical (unpaired) electrons. The molecule has 4 rings (SSSR count). The minimum Gasteiger partial charge on any atom is -0.493 e. The quantitative estimate of drug-likeness (QED) is 0.353. The first-order chi connectivity index (χ1) is 17.7. The second-order valence-corrected chi connectivity index (χ2v) is 8.31. The van der Waals surface area contributed by atoms with Gasteiger partial charge in [-0.15, -0.1) is 5.10 Å². The number of carbonyl (C=O) groups excluding carboxylic acids is 1. The van der Waals surface area contributed by atoms with Crippen LogP contribution in [0.25, 0.3) is 10.9 Å². The highest BCUT2D eigenvalue weighted by Gasteiger charge is 2.20. The van der Waals surface area contributed by atoms with Gasteiger partial charge in [0, 0.05) is 12.2 Å². The van der Waals surface area contributed by atoms with E-state index in [1.807, 2.05) is 0 Å². The number of nitrogens with one attached hydrogen (secondary N) is 1. The number of carboxylic acids is 1. The van der Waals surface area contributed by atoms with Crippen LogP contribution in [0, 0.1) is 24.5 Å². The Morgan fingerprint density at radius 1 is 1.05 bits per heavy atom. The van der Waals surface area contributed by atoms with Crippen molar-refractivity contribution in [2.75, 3.05) is 11.9 Å². The lowest BCUT2D eigenvalue weighted by molar-refractivity contribution is -0.143. The molecule has 0 aliphatic rings. The number of aromatic nitrogens is 3. The Hall–Kier alpha value is -4.67. The van der Waals surface area contributed by atoms with Crippen LogP contribution in [0.3, 0.4) is 0 Å². The molecule has 0 saturated heterocycles. The number of carboxylic acid groups (broad SMARTS) is 1. The molecule has 9 nitrogen and oxygen atoms in total. The first-order valence-corrected chi connectivity index (χ1v) is 11.3. The monoisotopic (exact) mass is 508 g/mol. The standard InChI is InChI=1S/C26H22F2N4O5/c1-15-6-11-20(23(28)22(15)27)24(33)29-17-7-9-18(10-8-17)37-14-16(26(35)36)12-13-32-25(34)19-4-2-3-5-21(19)30-31-32/h2-11,16H,12-14H2,1H3,(H,29,33)(H,35,36)/t16-/m0/s1. The molecule has 2 N–H and O–H groups in total. The summed E-state index contributed by atoms with van der Waals surface area (Å²) >= 11 is 0. The number of anilines is 1. The number of hydrogen-bond donors (Lipinski definition) is 2. The molecule has 0 aliphatic heterocycles. The van der Waals surface area contributed by atoms with Crippen LogP contribution >= 0.6 is 0 Å². The van der Waals surface area contributed by atoms with Crippen LogP contribution in [0.15, 0.2) is 65.5 Å². The summed E-state index contributed by atoms with van der Waals surface area (Å²) in [4.78, 5) is 36.6. The lowest BCUT2D eigenvalue weighted by atomic mass is 10.1. The van der Waals surface area contributed by atoms with Crippen molar-refractivity contribution in [1.82, 2.24) is 15.0 Å². The minimum absolute atomic E-state index is 0.0398. The largest absolute Gasteiger partial charge is 0.493 e. The van der Waals surface area contributed by atoms with E-state index in [4.69, 9.17) is 4.74 Å². The van der Waals surface area contributed by atoms with Crippen LogP contribution in [-0.2, 0) is 11.3 Å². The first-order valence-electron chi connectivity index (χ1n) is 11.3. The predicted molar refractivity (Wildman–Crippen MR) is 131 cm³/mol. The van der Waals surface area contributed by atoms with Crippen LogP contribution < -0.4 is 15.6 Å². The van der Waals surface area contributed by atoms with Gasteiger partial charge in [-0.3, -0.25) is 14.4 Å². The SMILES string of the molecule is Cc1ccc(C(=O)Nc2ccc(OC[C@H](CCn3nnc4ccccc4c3=O)C(=O)O)cc2)c(F)c1F. The van der Waals surface area contributed by atoms with E-state index in [0.717, 1.165) is 4.68 Å². The van der Waals surface area contributed by atoms with E-state index in [0.29, 0.717) is 22.3 Å². The Morgan fingerprint density at radius 2 is 1.78 bits per heavy atom. The highest BCUT2D eigenvalue weighted by atomic mass is 19.2.